The number of hydrogen-bond donors (Lipinski definition) is 3. The summed E-state index contributed by atoms with van der Waals surface area (Å²) in [6.07, 6.45) is 6.05. The summed E-state index contributed by atoms with van der Waals surface area (Å²) < 4.78 is 4.95. The minimum atomic E-state index is -0.164. The summed E-state index contributed by atoms with van der Waals surface area (Å²) in [7, 11) is 1.69. The molecule has 100 valence electrons. The van der Waals surface area contributed by atoms with Gasteiger partial charge >= 0.3 is 0 Å². The average molecular weight is 252 g/mol. The third-order valence-corrected chi connectivity index (χ3v) is 2.53. The average Bonchev–Trinajstić information content (AvgIpc) is 2.42. The number of amides is 1. The third kappa shape index (κ3) is 4.68. The fourth-order valence-electron chi connectivity index (χ4n) is 1.55. The van der Waals surface area contributed by atoms with Crippen molar-refractivity contribution in [2.45, 2.75) is 19.3 Å². The smallest absolute Gasteiger partial charge is 0.255 e. The Labute approximate surface area is 107 Å². The van der Waals surface area contributed by atoms with Gasteiger partial charge in [-0.3, -0.25) is 15.6 Å². The monoisotopic (exact) mass is 252 g/mol. The summed E-state index contributed by atoms with van der Waals surface area (Å²) in [5.41, 5.74) is 3.50. The van der Waals surface area contributed by atoms with Gasteiger partial charge in [-0.05, 0) is 25.3 Å². The van der Waals surface area contributed by atoms with Crippen molar-refractivity contribution in [3.05, 3.63) is 24.0 Å². The number of aromatic nitrogens is 1. The largest absolute Gasteiger partial charge is 0.385 e. The molecule has 6 heteroatoms. The molecule has 1 heterocycles. The van der Waals surface area contributed by atoms with E-state index in [2.05, 4.69) is 15.7 Å². The molecular formula is C12H20N4O2. The summed E-state index contributed by atoms with van der Waals surface area (Å²) in [4.78, 5) is 15.8. The quantitative estimate of drug-likeness (QED) is 0.363. The van der Waals surface area contributed by atoms with Gasteiger partial charge in [0.2, 0.25) is 0 Å². The molecule has 1 amide bonds. The van der Waals surface area contributed by atoms with E-state index >= 15 is 0 Å². The molecule has 0 spiro atoms. The van der Waals surface area contributed by atoms with Crippen molar-refractivity contribution in [1.29, 1.82) is 0 Å². The van der Waals surface area contributed by atoms with Crippen LogP contribution in [0.25, 0.3) is 0 Å². The Morgan fingerprint density at radius 3 is 3.00 bits per heavy atom. The Morgan fingerprint density at radius 1 is 1.44 bits per heavy atom. The second-order valence-electron chi connectivity index (χ2n) is 3.87. The number of rotatable bonds is 8. The first-order valence-electron chi connectivity index (χ1n) is 5.97. The molecule has 0 aliphatic rings. The van der Waals surface area contributed by atoms with Gasteiger partial charge in [0.1, 0.15) is 0 Å². The van der Waals surface area contributed by atoms with Crippen LogP contribution in [0.5, 0.6) is 0 Å². The lowest BCUT2D eigenvalue weighted by Crippen LogP contribution is -2.26. The minimum absolute atomic E-state index is 0.164. The molecule has 0 atom stereocenters. The van der Waals surface area contributed by atoms with E-state index in [-0.39, 0.29) is 5.91 Å². The van der Waals surface area contributed by atoms with E-state index in [0.717, 1.165) is 25.9 Å². The van der Waals surface area contributed by atoms with Crippen molar-refractivity contribution in [3.8, 4) is 0 Å². The molecule has 1 rings (SSSR count). The lowest BCUT2D eigenvalue weighted by atomic mass is 10.2. The SMILES string of the molecule is COCCCCCNC(=O)c1cnccc1NN. The van der Waals surface area contributed by atoms with Crippen LogP contribution in [0.1, 0.15) is 29.6 Å². The molecule has 1 aromatic rings. The number of hydrazine groups is 1. The zero-order valence-electron chi connectivity index (χ0n) is 10.6. The molecule has 0 saturated carbocycles. The number of unbranched alkanes of at least 4 members (excludes halogenated alkanes) is 2. The molecule has 0 unspecified atom stereocenters. The van der Waals surface area contributed by atoms with Crippen molar-refractivity contribution in [2.75, 3.05) is 25.7 Å². The molecule has 0 aliphatic carbocycles. The maximum absolute atomic E-state index is 11.8. The van der Waals surface area contributed by atoms with Crippen molar-refractivity contribution < 1.29 is 9.53 Å². The second-order valence-corrected chi connectivity index (χ2v) is 3.87. The number of nitrogens with two attached hydrogens (primary N) is 1. The summed E-state index contributed by atoms with van der Waals surface area (Å²) in [5, 5.41) is 2.84. The topological polar surface area (TPSA) is 89.3 Å². The highest BCUT2D eigenvalue weighted by molar-refractivity contribution is 5.99. The summed E-state index contributed by atoms with van der Waals surface area (Å²) in [6, 6.07) is 1.66. The number of carbonyl (C=O) groups is 1. The Bertz CT molecular complexity index is 371. The van der Waals surface area contributed by atoms with E-state index in [9.17, 15) is 4.79 Å². The molecule has 4 N–H and O–H groups in total. The van der Waals surface area contributed by atoms with Crippen LogP contribution in [0, 0.1) is 0 Å². The van der Waals surface area contributed by atoms with Gasteiger partial charge in [0.25, 0.3) is 5.91 Å². The van der Waals surface area contributed by atoms with Gasteiger partial charge in [-0.2, -0.15) is 0 Å². The zero-order valence-corrected chi connectivity index (χ0v) is 10.6. The van der Waals surface area contributed by atoms with Crippen molar-refractivity contribution in [2.24, 2.45) is 5.84 Å². The van der Waals surface area contributed by atoms with Crippen LogP contribution in [0.2, 0.25) is 0 Å². The fraction of sp³-hybridized carbons (Fsp3) is 0.500. The first kappa shape index (κ1) is 14.4. The maximum Gasteiger partial charge on any atom is 0.255 e. The van der Waals surface area contributed by atoms with E-state index in [1.165, 1.54) is 6.20 Å². The molecule has 6 nitrogen and oxygen atoms in total. The number of nitrogen functional groups attached to an aromatic ring is 1. The Morgan fingerprint density at radius 2 is 2.28 bits per heavy atom. The van der Waals surface area contributed by atoms with Crippen LogP contribution >= 0.6 is 0 Å². The standard InChI is InChI=1S/C12H20N4O2/c1-18-8-4-2-3-6-15-12(17)10-9-14-7-5-11(10)16-13/h5,7,9H,2-4,6,8,13H2,1H3,(H,14,16)(H,15,17). The fourth-order valence-corrected chi connectivity index (χ4v) is 1.55. The van der Waals surface area contributed by atoms with Gasteiger partial charge in [-0.1, -0.05) is 0 Å². The Kier molecular flexibility index (Phi) is 6.75. The summed E-state index contributed by atoms with van der Waals surface area (Å²) in [6.45, 7) is 1.40. The number of hydrogen-bond acceptors (Lipinski definition) is 5. The van der Waals surface area contributed by atoms with E-state index in [1.54, 1.807) is 19.4 Å². The highest BCUT2D eigenvalue weighted by Crippen LogP contribution is 2.11. The van der Waals surface area contributed by atoms with Gasteiger partial charge in [-0.25, -0.2) is 0 Å². The number of pyridine rings is 1. The number of ether oxygens (including phenoxy) is 1. The van der Waals surface area contributed by atoms with Crippen LogP contribution < -0.4 is 16.6 Å². The Hall–Kier alpha value is -1.66. The summed E-state index contributed by atoms with van der Waals surface area (Å²) in [5.74, 6) is 5.16. The normalized spacial score (nSPS) is 10.1. The second kappa shape index (κ2) is 8.43. The molecule has 1 aromatic heterocycles. The maximum atomic E-state index is 11.8. The minimum Gasteiger partial charge on any atom is -0.385 e. The van der Waals surface area contributed by atoms with Crippen LogP contribution in [0.4, 0.5) is 5.69 Å². The van der Waals surface area contributed by atoms with Gasteiger partial charge in [0.15, 0.2) is 0 Å². The predicted octanol–water partition coefficient (Wildman–Crippen LogP) is 0.914. The van der Waals surface area contributed by atoms with Crippen molar-refractivity contribution in [1.82, 2.24) is 10.3 Å². The number of carbonyl (C=O) groups excluding carboxylic acids is 1. The Balaban J connectivity index is 2.32. The van der Waals surface area contributed by atoms with E-state index in [4.69, 9.17) is 10.6 Å². The number of methoxy groups -OCH3 is 1. The van der Waals surface area contributed by atoms with E-state index in [0.29, 0.717) is 17.8 Å². The van der Waals surface area contributed by atoms with Crippen LogP contribution in [-0.4, -0.2) is 31.2 Å². The zero-order chi connectivity index (χ0) is 13.2. The van der Waals surface area contributed by atoms with E-state index < -0.39 is 0 Å². The molecule has 0 radical (unpaired) electrons. The first-order valence-corrected chi connectivity index (χ1v) is 5.97. The molecule has 18 heavy (non-hydrogen) atoms. The van der Waals surface area contributed by atoms with Gasteiger partial charge in [-0.15, -0.1) is 0 Å². The molecular weight excluding hydrogens is 232 g/mol. The van der Waals surface area contributed by atoms with Crippen molar-refractivity contribution in [3.63, 3.8) is 0 Å². The van der Waals surface area contributed by atoms with Crippen LogP contribution in [0.15, 0.2) is 18.5 Å². The number of nitrogens with zero attached hydrogens (tertiary/aromatic N) is 1. The van der Waals surface area contributed by atoms with Crippen LogP contribution in [0.3, 0.4) is 0 Å². The number of nitrogens with one attached hydrogen (secondary N) is 2. The van der Waals surface area contributed by atoms with E-state index in [1.807, 2.05) is 0 Å². The lowest BCUT2D eigenvalue weighted by molar-refractivity contribution is 0.0953. The molecule has 0 fully saturated rings. The highest BCUT2D eigenvalue weighted by atomic mass is 16.5. The third-order valence-electron chi connectivity index (χ3n) is 2.53. The lowest BCUT2D eigenvalue weighted by Gasteiger charge is -2.08. The molecule has 0 aromatic carbocycles. The highest BCUT2D eigenvalue weighted by Gasteiger charge is 2.09. The summed E-state index contributed by atoms with van der Waals surface area (Å²) >= 11 is 0. The first-order chi connectivity index (χ1) is 8.79. The number of anilines is 1. The van der Waals surface area contributed by atoms with Gasteiger partial charge < -0.3 is 15.5 Å². The van der Waals surface area contributed by atoms with Gasteiger partial charge in [0, 0.05) is 32.7 Å². The predicted molar refractivity (Wildman–Crippen MR) is 70.1 cm³/mol. The molecule has 0 aliphatic heterocycles. The molecule has 0 saturated heterocycles. The van der Waals surface area contributed by atoms with Crippen molar-refractivity contribution >= 4 is 11.6 Å². The molecule has 0 bridgehead atoms. The van der Waals surface area contributed by atoms with Crippen LogP contribution in [-0.2, 0) is 4.74 Å². The van der Waals surface area contributed by atoms with Gasteiger partial charge in [0.05, 0.1) is 11.3 Å².